The summed E-state index contributed by atoms with van der Waals surface area (Å²) in [5.41, 5.74) is 0.217. The maximum absolute atomic E-state index is 11.9. The van der Waals surface area contributed by atoms with Crippen LogP contribution in [0.4, 0.5) is 5.69 Å². The minimum Gasteiger partial charge on any atom is -0.360 e. The second-order valence-electron chi connectivity index (χ2n) is 4.15. The number of carbonyl (C=O) groups excluding carboxylic acids is 1. The number of H-pyrrole nitrogens is 1. The molecule has 0 aliphatic heterocycles. The number of nitrogens with one attached hydrogen (secondary N) is 1. The van der Waals surface area contributed by atoms with Crippen LogP contribution in [0, 0.1) is 10.1 Å². The Morgan fingerprint density at radius 2 is 2.11 bits per heavy atom. The molecule has 0 fully saturated rings. The molecule has 100 valence electrons. The van der Waals surface area contributed by atoms with Crippen molar-refractivity contribution in [3.8, 4) is 0 Å². The minimum atomic E-state index is -3.48. The molecule has 1 aromatic heterocycles. The number of sulfone groups is 1. The Morgan fingerprint density at radius 1 is 1.42 bits per heavy atom. The van der Waals surface area contributed by atoms with E-state index in [0.717, 1.165) is 6.26 Å². The topological polar surface area (TPSA) is 110 Å². The number of aromatic nitrogens is 1. The fourth-order valence-corrected chi connectivity index (χ4v) is 2.49. The summed E-state index contributed by atoms with van der Waals surface area (Å²) in [5.74, 6) is -1.34. The zero-order valence-electron chi connectivity index (χ0n) is 9.91. The summed E-state index contributed by atoms with van der Waals surface area (Å²) >= 11 is 0. The molecule has 0 bridgehead atoms. The van der Waals surface area contributed by atoms with E-state index in [1.165, 1.54) is 18.3 Å². The van der Waals surface area contributed by atoms with E-state index in [9.17, 15) is 23.3 Å². The average Bonchev–Trinajstić information content (AvgIpc) is 2.69. The van der Waals surface area contributed by atoms with Crippen molar-refractivity contribution in [2.75, 3.05) is 12.0 Å². The number of ketones is 1. The highest BCUT2D eigenvalue weighted by Crippen LogP contribution is 2.28. The Bertz CT molecular complexity index is 775. The number of nitrogens with zero attached hydrogens (tertiary/aromatic N) is 1. The van der Waals surface area contributed by atoms with Gasteiger partial charge in [-0.25, -0.2) is 8.42 Å². The average molecular weight is 282 g/mol. The monoisotopic (exact) mass is 282 g/mol. The molecule has 0 spiro atoms. The van der Waals surface area contributed by atoms with Crippen molar-refractivity contribution < 1.29 is 18.1 Å². The Hall–Kier alpha value is -2.22. The van der Waals surface area contributed by atoms with Crippen molar-refractivity contribution >= 4 is 32.2 Å². The van der Waals surface area contributed by atoms with Gasteiger partial charge in [0.2, 0.25) is 0 Å². The first-order chi connectivity index (χ1) is 8.79. The first-order valence-corrected chi connectivity index (χ1v) is 7.31. The highest BCUT2D eigenvalue weighted by Gasteiger charge is 2.22. The van der Waals surface area contributed by atoms with E-state index in [4.69, 9.17) is 0 Å². The van der Waals surface area contributed by atoms with Crippen molar-refractivity contribution in [1.29, 1.82) is 0 Å². The molecule has 0 aliphatic carbocycles. The van der Waals surface area contributed by atoms with Crippen LogP contribution < -0.4 is 0 Å². The number of nitro benzene ring substituents is 1. The van der Waals surface area contributed by atoms with Crippen LogP contribution in [0.5, 0.6) is 0 Å². The Kier molecular flexibility index (Phi) is 3.11. The Balaban J connectivity index is 2.62. The van der Waals surface area contributed by atoms with Gasteiger partial charge >= 0.3 is 0 Å². The maximum Gasteiger partial charge on any atom is 0.279 e. The van der Waals surface area contributed by atoms with Crippen LogP contribution in [0.3, 0.4) is 0 Å². The van der Waals surface area contributed by atoms with Gasteiger partial charge in [-0.15, -0.1) is 0 Å². The molecular formula is C11H10N2O5S. The molecule has 2 rings (SSSR count). The molecule has 1 aromatic carbocycles. The third-order valence-electron chi connectivity index (χ3n) is 2.57. The largest absolute Gasteiger partial charge is 0.360 e. The standard InChI is InChI=1S/C11H10N2O5S/c1-19(17,18)6-10(14)7-5-12-8-3-2-4-9(11(7)8)13(15)16/h2-5,12H,6H2,1H3. The number of fused-ring (bicyclic) bond motifs is 1. The number of hydrogen-bond acceptors (Lipinski definition) is 5. The summed E-state index contributed by atoms with van der Waals surface area (Å²) in [6.07, 6.45) is 2.24. The molecule has 0 atom stereocenters. The molecule has 0 aliphatic rings. The fourth-order valence-electron chi connectivity index (χ4n) is 1.85. The van der Waals surface area contributed by atoms with Crippen molar-refractivity contribution in [1.82, 2.24) is 4.98 Å². The zero-order valence-corrected chi connectivity index (χ0v) is 10.7. The normalized spacial score (nSPS) is 11.6. The number of hydrogen-bond donors (Lipinski definition) is 1. The van der Waals surface area contributed by atoms with Gasteiger partial charge < -0.3 is 4.98 Å². The van der Waals surface area contributed by atoms with Crippen LogP contribution in [0.15, 0.2) is 24.4 Å². The van der Waals surface area contributed by atoms with Crippen LogP contribution in [-0.4, -0.2) is 36.1 Å². The van der Waals surface area contributed by atoms with Crippen molar-refractivity contribution in [3.63, 3.8) is 0 Å². The predicted molar refractivity (Wildman–Crippen MR) is 69.0 cm³/mol. The maximum atomic E-state index is 11.9. The molecule has 8 heteroatoms. The summed E-state index contributed by atoms with van der Waals surface area (Å²) in [7, 11) is -3.48. The number of nitro groups is 1. The summed E-state index contributed by atoms with van der Waals surface area (Å²) in [6, 6.07) is 4.34. The van der Waals surface area contributed by atoms with Crippen molar-refractivity contribution in [2.24, 2.45) is 0 Å². The van der Waals surface area contributed by atoms with Gasteiger partial charge in [0.25, 0.3) is 5.69 Å². The number of aromatic amines is 1. The molecular weight excluding hydrogens is 272 g/mol. The first-order valence-electron chi connectivity index (χ1n) is 5.25. The lowest BCUT2D eigenvalue weighted by atomic mass is 10.1. The molecule has 0 unspecified atom stereocenters. The van der Waals surface area contributed by atoms with Crippen molar-refractivity contribution in [2.45, 2.75) is 0 Å². The lowest BCUT2D eigenvalue weighted by Crippen LogP contribution is -2.14. The smallest absolute Gasteiger partial charge is 0.279 e. The number of rotatable bonds is 4. The Morgan fingerprint density at radius 3 is 2.68 bits per heavy atom. The highest BCUT2D eigenvalue weighted by molar-refractivity contribution is 7.91. The van der Waals surface area contributed by atoms with Crippen LogP contribution in [0.25, 0.3) is 10.9 Å². The Labute approximate surface area is 108 Å². The van der Waals surface area contributed by atoms with Gasteiger partial charge in [-0.3, -0.25) is 14.9 Å². The lowest BCUT2D eigenvalue weighted by molar-refractivity contribution is -0.383. The lowest BCUT2D eigenvalue weighted by Gasteiger charge is -1.99. The van der Waals surface area contributed by atoms with E-state index < -0.39 is 26.3 Å². The summed E-state index contributed by atoms with van der Waals surface area (Å²) in [4.78, 5) is 24.9. The third kappa shape index (κ3) is 2.63. The van der Waals surface area contributed by atoms with E-state index in [1.807, 2.05) is 0 Å². The van der Waals surface area contributed by atoms with Gasteiger partial charge in [0, 0.05) is 18.5 Å². The number of carbonyl (C=O) groups is 1. The molecule has 0 saturated carbocycles. The summed E-state index contributed by atoms with van der Waals surface area (Å²) in [5, 5.41) is 11.1. The molecule has 1 heterocycles. The molecule has 1 N–H and O–H groups in total. The SMILES string of the molecule is CS(=O)(=O)CC(=O)c1c[nH]c2cccc([N+](=O)[O-])c12. The van der Waals surface area contributed by atoms with E-state index >= 15 is 0 Å². The summed E-state index contributed by atoms with van der Waals surface area (Å²) < 4.78 is 22.3. The van der Waals surface area contributed by atoms with Gasteiger partial charge in [0.1, 0.15) is 5.75 Å². The molecule has 19 heavy (non-hydrogen) atoms. The molecule has 0 saturated heterocycles. The molecule has 7 nitrogen and oxygen atoms in total. The van der Waals surface area contributed by atoms with E-state index in [0.29, 0.717) is 5.52 Å². The summed E-state index contributed by atoms with van der Waals surface area (Å²) in [6.45, 7) is 0. The third-order valence-corrected chi connectivity index (χ3v) is 3.36. The van der Waals surface area contributed by atoms with Crippen LogP contribution in [-0.2, 0) is 9.84 Å². The predicted octanol–water partition coefficient (Wildman–Crippen LogP) is 1.30. The van der Waals surface area contributed by atoms with E-state index in [2.05, 4.69) is 4.98 Å². The second-order valence-corrected chi connectivity index (χ2v) is 6.29. The van der Waals surface area contributed by atoms with E-state index in [1.54, 1.807) is 6.07 Å². The van der Waals surface area contributed by atoms with Gasteiger partial charge in [-0.2, -0.15) is 0 Å². The zero-order chi connectivity index (χ0) is 14.2. The molecule has 2 aromatic rings. The van der Waals surface area contributed by atoms with Gasteiger partial charge in [-0.05, 0) is 6.07 Å². The van der Waals surface area contributed by atoms with Gasteiger partial charge in [-0.1, -0.05) is 6.07 Å². The van der Waals surface area contributed by atoms with Gasteiger partial charge in [0.05, 0.1) is 21.4 Å². The van der Waals surface area contributed by atoms with E-state index in [-0.39, 0.29) is 16.6 Å². The fraction of sp³-hybridized carbons (Fsp3) is 0.182. The van der Waals surface area contributed by atoms with Crippen molar-refractivity contribution in [3.05, 3.63) is 40.1 Å². The van der Waals surface area contributed by atoms with Crippen LogP contribution in [0.2, 0.25) is 0 Å². The number of benzene rings is 1. The highest BCUT2D eigenvalue weighted by atomic mass is 32.2. The van der Waals surface area contributed by atoms with Crippen LogP contribution >= 0.6 is 0 Å². The number of Topliss-reactive ketones (excluding diaryl/α,β-unsaturated/α-hetero) is 1. The van der Waals surface area contributed by atoms with Crippen LogP contribution in [0.1, 0.15) is 10.4 Å². The molecule has 0 amide bonds. The second kappa shape index (κ2) is 4.47. The quantitative estimate of drug-likeness (QED) is 0.516. The minimum absolute atomic E-state index is 0.0210. The number of non-ortho nitro benzene ring substituents is 1. The van der Waals surface area contributed by atoms with Gasteiger partial charge in [0.15, 0.2) is 15.6 Å². The molecule has 0 radical (unpaired) electrons. The first kappa shape index (κ1) is 13.2.